The molecule has 3 heterocycles. The highest BCUT2D eigenvalue weighted by Crippen LogP contribution is 2.27. The fourth-order valence-corrected chi connectivity index (χ4v) is 4.88. The van der Waals surface area contributed by atoms with E-state index in [1.165, 1.54) is 16.5 Å². The van der Waals surface area contributed by atoms with Crippen LogP contribution in [0.2, 0.25) is 0 Å². The number of rotatable bonds is 3. The van der Waals surface area contributed by atoms with Gasteiger partial charge < -0.3 is 4.90 Å². The third-order valence-electron chi connectivity index (χ3n) is 5.27. The van der Waals surface area contributed by atoms with Gasteiger partial charge in [-0.2, -0.15) is 0 Å². The van der Waals surface area contributed by atoms with Crippen LogP contribution in [0.3, 0.4) is 0 Å². The van der Waals surface area contributed by atoms with Gasteiger partial charge in [0.05, 0.1) is 5.92 Å². The molecule has 3 nitrogen and oxygen atoms in total. The zero-order valence-electron chi connectivity index (χ0n) is 14.3. The van der Waals surface area contributed by atoms with Crippen LogP contribution in [0.5, 0.6) is 0 Å². The molecular weight excluding hydrogens is 335 g/mol. The summed E-state index contributed by atoms with van der Waals surface area (Å²) in [6.45, 7) is 4.08. The van der Waals surface area contributed by atoms with Gasteiger partial charge in [-0.25, -0.2) is 4.39 Å². The normalized spacial score (nSPS) is 21.2. The van der Waals surface area contributed by atoms with E-state index in [1.807, 2.05) is 11.0 Å². The van der Waals surface area contributed by atoms with Crippen LogP contribution >= 0.6 is 11.3 Å². The topological polar surface area (TPSA) is 23.6 Å². The Morgan fingerprint density at radius 3 is 3.08 bits per heavy atom. The van der Waals surface area contributed by atoms with E-state index in [0.717, 1.165) is 57.5 Å². The average Bonchev–Trinajstić information content (AvgIpc) is 3.09. The fraction of sp³-hybridized carbons (Fsp3) is 0.450. The number of carbonyl (C=O) groups is 1. The lowest BCUT2D eigenvalue weighted by atomic mass is 9.95. The van der Waals surface area contributed by atoms with E-state index in [2.05, 4.69) is 16.3 Å². The number of halogens is 1. The first-order chi connectivity index (χ1) is 12.2. The van der Waals surface area contributed by atoms with Gasteiger partial charge in [-0.05, 0) is 60.5 Å². The SMILES string of the molecule is O=C([C@@H]1CCCN(Cc2cccc(F)c2)C1)N1CCc2sccc2C1. The molecule has 2 aliphatic rings. The average molecular weight is 358 g/mol. The molecule has 0 spiro atoms. The van der Waals surface area contributed by atoms with E-state index >= 15 is 0 Å². The molecule has 2 aliphatic heterocycles. The summed E-state index contributed by atoms with van der Waals surface area (Å²) in [6.07, 6.45) is 2.98. The maximum absolute atomic E-state index is 13.4. The molecule has 1 aromatic carbocycles. The summed E-state index contributed by atoms with van der Waals surface area (Å²) in [5, 5.41) is 2.12. The van der Waals surface area contributed by atoms with Gasteiger partial charge >= 0.3 is 0 Å². The number of carbonyl (C=O) groups excluding carboxylic acids is 1. The molecule has 0 aliphatic carbocycles. The number of piperidine rings is 1. The number of likely N-dealkylation sites (tertiary alicyclic amines) is 1. The second kappa shape index (κ2) is 7.26. The fourth-order valence-electron chi connectivity index (χ4n) is 3.99. The molecule has 0 unspecified atom stereocenters. The van der Waals surface area contributed by atoms with Crippen molar-refractivity contribution in [1.29, 1.82) is 0 Å². The van der Waals surface area contributed by atoms with Gasteiger partial charge in [-0.1, -0.05) is 12.1 Å². The molecule has 1 saturated heterocycles. The number of nitrogens with zero attached hydrogens (tertiary/aromatic N) is 2. The van der Waals surface area contributed by atoms with Crippen LogP contribution in [0.1, 0.15) is 28.8 Å². The van der Waals surface area contributed by atoms with Crippen molar-refractivity contribution in [2.75, 3.05) is 19.6 Å². The Morgan fingerprint density at radius 1 is 1.28 bits per heavy atom. The molecule has 4 rings (SSSR count). The molecule has 0 bridgehead atoms. The number of benzene rings is 1. The predicted octanol–water partition coefficient (Wildman–Crippen LogP) is 3.68. The quantitative estimate of drug-likeness (QED) is 0.836. The molecule has 0 radical (unpaired) electrons. The number of amides is 1. The minimum Gasteiger partial charge on any atom is -0.338 e. The monoisotopic (exact) mass is 358 g/mol. The van der Waals surface area contributed by atoms with Gasteiger partial charge in [0.1, 0.15) is 5.82 Å². The predicted molar refractivity (Wildman–Crippen MR) is 97.8 cm³/mol. The third kappa shape index (κ3) is 3.77. The first-order valence-corrected chi connectivity index (χ1v) is 9.88. The van der Waals surface area contributed by atoms with Crippen molar-refractivity contribution >= 4 is 17.2 Å². The number of hydrogen-bond acceptors (Lipinski definition) is 3. The van der Waals surface area contributed by atoms with Gasteiger partial charge in [0.25, 0.3) is 0 Å². The molecular formula is C20H23FN2OS. The van der Waals surface area contributed by atoms with Crippen LogP contribution in [-0.4, -0.2) is 35.3 Å². The summed E-state index contributed by atoms with van der Waals surface area (Å²) in [4.78, 5) is 18.7. The van der Waals surface area contributed by atoms with Gasteiger partial charge in [0, 0.05) is 31.1 Å². The molecule has 1 amide bonds. The maximum Gasteiger partial charge on any atom is 0.227 e. The van der Waals surface area contributed by atoms with E-state index in [-0.39, 0.29) is 11.7 Å². The lowest BCUT2D eigenvalue weighted by Gasteiger charge is -2.36. The summed E-state index contributed by atoms with van der Waals surface area (Å²) in [5.41, 5.74) is 2.30. The molecule has 132 valence electrons. The summed E-state index contributed by atoms with van der Waals surface area (Å²) in [5.74, 6) is 0.172. The molecule has 5 heteroatoms. The van der Waals surface area contributed by atoms with E-state index in [1.54, 1.807) is 23.5 Å². The van der Waals surface area contributed by atoms with Crippen LogP contribution in [0.4, 0.5) is 4.39 Å². The first kappa shape index (κ1) is 16.7. The molecule has 0 N–H and O–H groups in total. The number of thiophene rings is 1. The largest absolute Gasteiger partial charge is 0.338 e. The van der Waals surface area contributed by atoms with Gasteiger partial charge in [0.15, 0.2) is 0 Å². The Balaban J connectivity index is 1.38. The van der Waals surface area contributed by atoms with Crippen LogP contribution in [-0.2, 0) is 24.3 Å². The highest BCUT2D eigenvalue weighted by molar-refractivity contribution is 7.10. The van der Waals surface area contributed by atoms with E-state index in [9.17, 15) is 9.18 Å². The second-order valence-corrected chi connectivity index (χ2v) is 8.08. The van der Waals surface area contributed by atoms with Gasteiger partial charge in [0.2, 0.25) is 5.91 Å². The molecule has 25 heavy (non-hydrogen) atoms. The van der Waals surface area contributed by atoms with Crippen LogP contribution in [0, 0.1) is 11.7 Å². The lowest BCUT2D eigenvalue weighted by molar-refractivity contribution is -0.138. The molecule has 1 fully saturated rings. The number of fused-ring (bicyclic) bond motifs is 1. The van der Waals surface area contributed by atoms with Gasteiger partial charge in [-0.15, -0.1) is 11.3 Å². The zero-order valence-corrected chi connectivity index (χ0v) is 15.1. The Kier molecular flexibility index (Phi) is 4.86. The van der Waals surface area contributed by atoms with Crippen molar-refractivity contribution in [1.82, 2.24) is 9.80 Å². The number of hydrogen-bond donors (Lipinski definition) is 0. The Morgan fingerprint density at radius 2 is 2.20 bits per heavy atom. The zero-order chi connectivity index (χ0) is 17.2. The van der Waals surface area contributed by atoms with Crippen molar-refractivity contribution in [3.8, 4) is 0 Å². The summed E-state index contributed by atoms with van der Waals surface area (Å²) >= 11 is 1.80. The molecule has 0 saturated carbocycles. The van der Waals surface area contributed by atoms with Gasteiger partial charge in [-0.3, -0.25) is 9.69 Å². The highest BCUT2D eigenvalue weighted by Gasteiger charge is 2.31. The highest BCUT2D eigenvalue weighted by atomic mass is 32.1. The molecule has 2 aromatic rings. The molecule has 1 atom stereocenters. The van der Waals surface area contributed by atoms with Crippen LogP contribution < -0.4 is 0 Å². The van der Waals surface area contributed by atoms with Crippen LogP contribution in [0.25, 0.3) is 0 Å². The minimum absolute atomic E-state index is 0.0718. The van der Waals surface area contributed by atoms with Crippen molar-refractivity contribution in [2.24, 2.45) is 5.92 Å². The minimum atomic E-state index is -0.193. The Labute approximate surface area is 152 Å². The maximum atomic E-state index is 13.4. The lowest BCUT2D eigenvalue weighted by Crippen LogP contribution is -2.45. The first-order valence-electron chi connectivity index (χ1n) is 9.00. The van der Waals surface area contributed by atoms with E-state index in [4.69, 9.17) is 0 Å². The van der Waals surface area contributed by atoms with E-state index in [0.29, 0.717) is 5.91 Å². The van der Waals surface area contributed by atoms with Crippen molar-refractivity contribution in [3.05, 3.63) is 57.5 Å². The summed E-state index contributed by atoms with van der Waals surface area (Å²) in [7, 11) is 0. The van der Waals surface area contributed by atoms with Crippen molar-refractivity contribution in [2.45, 2.75) is 32.4 Å². The second-order valence-electron chi connectivity index (χ2n) is 7.08. The Bertz CT molecular complexity index is 760. The van der Waals surface area contributed by atoms with Crippen LogP contribution in [0.15, 0.2) is 35.7 Å². The molecule has 1 aromatic heterocycles. The summed E-state index contributed by atoms with van der Waals surface area (Å²) in [6, 6.07) is 8.92. The Hall–Kier alpha value is -1.72. The van der Waals surface area contributed by atoms with Crippen molar-refractivity contribution in [3.63, 3.8) is 0 Å². The smallest absolute Gasteiger partial charge is 0.227 e. The third-order valence-corrected chi connectivity index (χ3v) is 6.29. The standard InChI is InChI=1S/C20H23FN2OS/c21-18-5-1-3-15(11-18)12-22-8-2-4-17(13-22)20(24)23-9-6-19-16(14-23)7-10-25-19/h1,3,5,7,10-11,17H,2,4,6,8-9,12-14H2/t17-/m1/s1. The van der Waals surface area contributed by atoms with E-state index < -0.39 is 0 Å². The summed E-state index contributed by atoms with van der Waals surface area (Å²) < 4.78 is 13.4. The van der Waals surface area contributed by atoms with Crippen molar-refractivity contribution < 1.29 is 9.18 Å².